The van der Waals surface area contributed by atoms with Gasteiger partial charge in [0.05, 0.1) is 0 Å². The first-order valence-electron chi connectivity index (χ1n) is 9.92. The molecule has 1 heterocycles. The summed E-state index contributed by atoms with van der Waals surface area (Å²) >= 11 is -0.556. The van der Waals surface area contributed by atoms with Crippen molar-refractivity contribution in [2.45, 2.75) is 83.1 Å². The number of rotatable bonds is 3. The molecule has 2 aliphatic carbocycles. The molecule has 0 N–H and O–H groups in total. The Kier molecular flexibility index (Phi) is 10.4. The fourth-order valence-corrected chi connectivity index (χ4v) is 8.91. The molecular weight excluding hydrogens is 427 g/mol. The molecule has 0 amide bonds. The SMILES string of the molecule is CC(C)(C)[N-][Si](C)(C)C1CC(N2CCCC2)C2(C=CC=CC2)C1.[CH3-].[Cl][Ti][Cl]. The first-order chi connectivity index (χ1) is 12.1. The number of hydrogen-bond acceptors (Lipinski definition) is 1. The number of likely N-dealkylation sites (tertiary alicyclic amines) is 1. The van der Waals surface area contributed by atoms with Crippen LogP contribution in [0.2, 0.25) is 18.6 Å². The van der Waals surface area contributed by atoms with Gasteiger partial charge in [0, 0.05) is 11.5 Å². The van der Waals surface area contributed by atoms with Gasteiger partial charge in [-0.3, -0.25) is 4.90 Å². The molecule has 6 heteroatoms. The maximum absolute atomic E-state index is 5.34. The summed E-state index contributed by atoms with van der Waals surface area (Å²) in [7, 11) is 8.21. The molecule has 0 aromatic heterocycles. The standard InChI is InChI=1S/C20H35N2Si.CH3.2ClH.Ti/c1-19(2,3)21-23(4,5)17-15-18(22-13-9-10-14-22)20(16-17)11-7-6-8-12-20;;;;/h6-8,11,17-18H,9-10,12-16H2,1-5H3;1H3;2*1H;/q2*-1;;;+2/p-2. The molecule has 3 rings (SSSR count). The molecule has 1 saturated heterocycles. The van der Waals surface area contributed by atoms with Crippen molar-refractivity contribution in [1.82, 2.24) is 4.90 Å². The van der Waals surface area contributed by atoms with Gasteiger partial charge in [-0.1, -0.05) is 71.9 Å². The third-order valence-electron chi connectivity index (χ3n) is 6.18. The summed E-state index contributed by atoms with van der Waals surface area (Å²) in [6.07, 6.45) is 16.3. The van der Waals surface area contributed by atoms with E-state index in [1.807, 2.05) is 0 Å². The zero-order valence-electron chi connectivity index (χ0n) is 18.1. The molecule has 1 saturated carbocycles. The summed E-state index contributed by atoms with van der Waals surface area (Å²) < 4.78 is 0. The summed E-state index contributed by atoms with van der Waals surface area (Å²) in [5, 5.41) is 0. The molecule has 2 fully saturated rings. The van der Waals surface area contributed by atoms with Crippen LogP contribution in [0.15, 0.2) is 24.3 Å². The van der Waals surface area contributed by atoms with Crippen molar-refractivity contribution >= 4 is 26.8 Å². The van der Waals surface area contributed by atoms with E-state index >= 15 is 0 Å². The molecule has 3 unspecified atom stereocenters. The number of nitrogens with zero attached hydrogens (tertiary/aromatic N) is 2. The Morgan fingerprint density at radius 2 is 1.74 bits per heavy atom. The molecule has 0 radical (unpaired) electrons. The van der Waals surface area contributed by atoms with Gasteiger partial charge in [-0.05, 0) is 45.2 Å². The molecule has 0 bridgehead atoms. The zero-order chi connectivity index (χ0) is 19.4. The van der Waals surface area contributed by atoms with Crippen LogP contribution >= 0.6 is 18.6 Å². The summed E-state index contributed by atoms with van der Waals surface area (Å²) in [5.41, 5.74) is 1.32. The average molecular weight is 465 g/mol. The number of halogens is 2. The van der Waals surface area contributed by atoms with E-state index in [4.69, 9.17) is 23.6 Å². The van der Waals surface area contributed by atoms with Gasteiger partial charge in [-0.15, -0.1) is 5.54 Å². The predicted molar refractivity (Wildman–Crippen MR) is 122 cm³/mol. The van der Waals surface area contributed by atoms with E-state index < -0.39 is 25.3 Å². The third-order valence-corrected chi connectivity index (χ3v) is 9.86. The fourth-order valence-electron chi connectivity index (χ4n) is 5.32. The van der Waals surface area contributed by atoms with E-state index in [1.165, 1.54) is 45.2 Å². The van der Waals surface area contributed by atoms with E-state index in [2.05, 4.69) is 63.1 Å². The summed E-state index contributed by atoms with van der Waals surface area (Å²) in [6.45, 7) is 14.5. The molecular formula is C21H38Cl2N2SiTi-2. The Bertz CT molecular complexity index is 513. The second-order valence-electron chi connectivity index (χ2n) is 9.63. The monoisotopic (exact) mass is 464 g/mol. The molecule has 0 aromatic rings. The first kappa shape index (κ1) is 25.9. The molecule has 3 aliphatic rings. The van der Waals surface area contributed by atoms with E-state index in [0.29, 0.717) is 5.41 Å². The van der Waals surface area contributed by atoms with Gasteiger partial charge >= 0.3 is 35.6 Å². The Morgan fingerprint density at radius 3 is 2.22 bits per heavy atom. The van der Waals surface area contributed by atoms with Gasteiger partial charge in [0.15, 0.2) is 0 Å². The van der Waals surface area contributed by atoms with Crippen molar-refractivity contribution in [2.24, 2.45) is 5.41 Å². The van der Waals surface area contributed by atoms with Crippen molar-refractivity contribution in [3.63, 3.8) is 0 Å². The molecule has 156 valence electrons. The summed E-state index contributed by atoms with van der Waals surface area (Å²) in [6, 6.07) is 0.748. The summed E-state index contributed by atoms with van der Waals surface area (Å²) in [4.78, 5) is 8.15. The predicted octanol–water partition coefficient (Wildman–Crippen LogP) is 7.32. The second-order valence-corrected chi connectivity index (χ2v) is 16.6. The van der Waals surface area contributed by atoms with E-state index in [9.17, 15) is 0 Å². The van der Waals surface area contributed by atoms with E-state index in [-0.39, 0.29) is 13.0 Å². The van der Waals surface area contributed by atoms with Crippen LogP contribution in [0.1, 0.15) is 52.9 Å². The Balaban J connectivity index is 0.000000855. The van der Waals surface area contributed by atoms with Crippen LogP contribution in [0.4, 0.5) is 0 Å². The second kappa shape index (κ2) is 10.8. The van der Waals surface area contributed by atoms with Gasteiger partial charge in [0.1, 0.15) is 0 Å². The molecule has 0 aromatic carbocycles. The van der Waals surface area contributed by atoms with Gasteiger partial charge in [-0.2, -0.15) is 0 Å². The number of hydrogen-bond donors (Lipinski definition) is 0. The summed E-state index contributed by atoms with van der Waals surface area (Å²) in [5.74, 6) is 0. The van der Waals surface area contributed by atoms with Crippen LogP contribution in [0.5, 0.6) is 0 Å². The maximum atomic E-state index is 5.34. The first-order valence-corrected chi connectivity index (χ1v) is 17.2. The van der Waals surface area contributed by atoms with Crippen LogP contribution in [0.3, 0.4) is 0 Å². The fraction of sp³-hybridized carbons (Fsp3) is 0.762. The molecule has 1 spiro atoms. The average Bonchev–Trinajstić information content (AvgIpc) is 3.15. The molecule has 27 heavy (non-hydrogen) atoms. The van der Waals surface area contributed by atoms with E-state index in [1.54, 1.807) is 0 Å². The van der Waals surface area contributed by atoms with Crippen LogP contribution in [-0.4, -0.2) is 37.8 Å². The van der Waals surface area contributed by atoms with Crippen LogP contribution in [0, 0.1) is 12.8 Å². The Hall–Kier alpha value is 0.911. The quantitative estimate of drug-likeness (QED) is 0.315. The van der Waals surface area contributed by atoms with Gasteiger partial charge in [-0.25, -0.2) is 0 Å². The van der Waals surface area contributed by atoms with Crippen molar-refractivity contribution in [3.8, 4) is 0 Å². The normalized spacial score (nSPS) is 30.8. The van der Waals surface area contributed by atoms with Gasteiger partial charge in [0.25, 0.3) is 0 Å². The van der Waals surface area contributed by atoms with Crippen LogP contribution in [-0.2, 0) is 17.0 Å². The van der Waals surface area contributed by atoms with Crippen molar-refractivity contribution in [3.05, 3.63) is 36.7 Å². The Labute approximate surface area is 186 Å². The van der Waals surface area contributed by atoms with Crippen LogP contribution in [0.25, 0.3) is 4.98 Å². The zero-order valence-corrected chi connectivity index (χ0v) is 22.1. The van der Waals surface area contributed by atoms with Crippen molar-refractivity contribution in [1.29, 1.82) is 0 Å². The topological polar surface area (TPSA) is 17.3 Å². The number of allylic oxidation sites excluding steroid dienone is 3. The minimum absolute atomic E-state index is 0. The minimum atomic E-state index is -1.57. The third kappa shape index (κ3) is 6.98. The Morgan fingerprint density at radius 1 is 1.15 bits per heavy atom. The molecule has 2 nitrogen and oxygen atoms in total. The van der Waals surface area contributed by atoms with Crippen molar-refractivity contribution < 1.29 is 17.0 Å². The molecule has 1 aliphatic heterocycles. The van der Waals surface area contributed by atoms with Gasteiger partial charge < -0.3 is 12.4 Å². The molecule has 3 atom stereocenters. The van der Waals surface area contributed by atoms with E-state index in [0.717, 1.165) is 11.6 Å². The van der Waals surface area contributed by atoms with Crippen LogP contribution < -0.4 is 0 Å². The van der Waals surface area contributed by atoms with Gasteiger partial charge in [0.2, 0.25) is 0 Å². The van der Waals surface area contributed by atoms with Crippen molar-refractivity contribution in [2.75, 3.05) is 13.1 Å².